The molecule has 1 fully saturated rings. The molecule has 1 aliphatic rings. The lowest BCUT2D eigenvalue weighted by molar-refractivity contribution is -0.274. The van der Waals surface area contributed by atoms with Gasteiger partial charge in [0.1, 0.15) is 23.9 Å². The molecule has 12 heteroatoms. The van der Waals surface area contributed by atoms with Crippen molar-refractivity contribution >= 4 is 23.7 Å². The molecule has 0 unspecified atom stereocenters. The first-order chi connectivity index (χ1) is 18.1. The number of carbonyl (C=O) groups excluding carboxylic acids is 3. The fourth-order valence-corrected chi connectivity index (χ4v) is 3.32. The summed E-state index contributed by atoms with van der Waals surface area (Å²) in [5, 5.41) is 13.5. The van der Waals surface area contributed by atoms with Gasteiger partial charge in [-0.15, -0.1) is 13.2 Å². The molecule has 3 amide bonds. The van der Waals surface area contributed by atoms with Gasteiger partial charge in [0.15, 0.2) is 0 Å². The zero-order valence-corrected chi connectivity index (χ0v) is 19.5. The number of alkyl carbamates (subject to hydrolysis) is 1. The Morgan fingerprint density at radius 1 is 1.00 bits per heavy atom. The highest BCUT2D eigenvalue weighted by Gasteiger charge is 2.31. The molecule has 1 aliphatic carbocycles. The van der Waals surface area contributed by atoms with Crippen molar-refractivity contribution in [2.45, 2.75) is 25.8 Å². The van der Waals surface area contributed by atoms with Gasteiger partial charge in [0.05, 0.1) is 11.6 Å². The van der Waals surface area contributed by atoms with Crippen LogP contribution in [0.15, 0.2) is 60.7 Å². The predicted molar refractivity (Wildman–Crippen MR) is 127 cm³/mol. The summed E-state index contributed by atoms with van der Waals surface area (Å²) in [6.07, 6.45) is -4.45. The van der Waals surface area contributed by atoms with Crippen LogP contribution in [0.5, 0.6) is 5.75 Å². The molecular weight excluding hydrogens is 505 g/mol. The van der Waals surface area contributed by atoms with Gasteiger partial charge in [-0.3, -0.25) is 14.9 Å². The Labute approximate surface area is 214 Å². The monoisotopic (exact) mass is 524 g/mol. The van der Waals surface area contributed by atoms with Crippen molar-refractivity contribution in [1.82, 2.24) is 10.3 Å². The minimum atomic E-state index is -4.85. The number of hydrogen-bond acceptors (Lipinski definition) is 7. The number of nitrogens with zero attached hydrogens (tertiary/aromatic N) is 2. The summed E-state index contributed by atoms with van der Waals surface area (Å²) >= 11 is 0. The quantitative estimate of drug-likeness (QED) is 0.448. The summed E-state index contributed by atoms with van der Waals surface area (Å²) in [6, 6.07) is 15.9. The second-order valence-electron chi connectivity index (χ2n) is 8.30. The molecule has 3 aromatic rings. The van der Waals surface area contributed by atoms with Crippen LogP contribution in [-0.4, -0.2) is 29.3 Å². The van der Waals surface area contributed by atoms with E-state index in [0.717, 1.165) is 25.0 Å². The van der Waals surface area contributed by atoms with Gasteiger partial charge in [-0.05, 0) is 65.9 Å². The summed E-state index contributed by atoms with van der Waals surface area (Å²) < 4.78 is 46.3. The molecule has 0 bridgehead atoms. The number of amides is 3. The van der Waals surface area contributed by atoms with Crippen molar-refractivity contribution in [2.24, 2.45) is 5.92 Å². The fraction of sp³-hybridized carbons (Fsp3) is 0.192. The number of hydrogen-bond donors (Lipinski definition) is 2. The third kappa shape index (κ3) is 7.30. The van der Waals surface area contributed by atoms with E-state index in [1.807, 2.05) is 11.4 Å². The molecule has 1 heterocycles. The van der Waals surface area contributed by atoms with Gasteiger partial charge in [0, 0.05) is 5.92 Å². The smallest absolute Gasteiger partial charge is 0.444 e. The van der Waals surface area contributed by atoms with Crippen molar-refractivity contribution in [3.63, 3.8) is 0 Å². The fourth-order valence-electron chi connectivity index (χ4n) is 3.32. The SMILES string of the molecule is N#Cc1ccc(COC(=O)NC(=O)c2cc(-c3ccc(OC(F)(F)F)cc3)cc(NC(=O)C3CC3)n2)cc1. The first-order valence-electron chi connectivity index (χ1n) is 11.3. The van der Waals surface area contributed by atoms with E-state index < -0.39 is 24.1 Å². The molecule has 0 spiro atoms. The number of benzene rings is 2. The van der Waals surface area contributed by atoms with E-state index in [4.69, 9.17) is 10.00 Å². The van der Waals surface area contributed by atoms with E-state index >= 15 is 0 Å². The number of alkyl halides is 3. The van der Waals surface area contributed by atoms with E-state index in [1.54, 1.807) is 24.3 Å². The van der Waals surface area contributed by atoms with E-state index in [2.05, 4.69) is 15.0 Å². The number of halogens is 3. The van der Waals surface area contributed by atoms with Crippen molar-refractivity contribution in [2.75, 3.05) is 5.32 Å². The molecule has 0 saturated heterocycles. The summed E-state index contributed by atoms with van der Waals surface area (Å²) in [4.78, 5) is 41.3. The molecule has 38 heavy (non-hydrogen) atoms. The lowest BCUT2D eigenvalue weighted by Gasteiger charge is -2.12. The van der Waals surface area contributed by atoms with Gasteiger partial charge >= 0.3 is 12.5 Å². The molecular formula is C26H19F3N4O5. The highest BCUT2D eigenvalue weighted by Crippen LogP contribution is 2.31. The highest BCUT2D eigenvalue weighted by atomic mass is 19.4. The summed E-state index contributed by atoms with van der Waals surface area (Å²) in [5.41, 5.74) is 1.54. The normalized spacial score (nSPS) is 12.7. The largest absolute Gasteiger partial charge is 0.573 e. The topological polar surface area (TPSA) is 130 Å². The van der Waals surface area contributed by atoms with E-state index in [-0.39, 0.29) is 29.9 Å². The Balaban J connectivity index is 1.50. The molecule has 1 aromatic heterocycles. The molecule has 0 atom stereocenters. The van der Waals surface area contributed by atoms with Crippen LogP contribution in [0.25, 0.3) is 11.1 Å². The number of ether oxygens (including phenoxy) is 2. The molecule has 0 aliphatic heterocycles. The van der Waals surface area contributed by atoms with E-state index in [0.29, 0.717) is 22.3 Å². The Bertz CT molecular complexity index is 1400. The van der Waals surface area contributed by atoms with Gasteiger partial charge in [0.2, 0.25) is 5.91 Å². The van der Waals surface area contributed by atoms with Crippen LogP contribution in [0, 0.1) is 17.2 Å². The van der Waals surface area contributed by atoms with Crippen LogP contribution >= 0.6 is 0 Å². The highest BCUT2D eigenvalue weighted by molar-refractivity contribution is 6.03. The Morgan fingerprint density at radius 2 is 1.68 bits per heavy atom. The molecule has 1 saturated carbocycles. The first-order valence-corrected chi connectivity index (χ1v) is 11.3. The van der Waals surface area contributed by atoms with Gasteiger partial charge in [-0.2, -0.15) is 5.26 Å². The van der Waals surface area contributed by atoms with Crippen LogP contribution in [0.1, 0.15) is 34.5 Å². The van der Waals surface area contributed by atoms with Gasteiger partial charge in [-0.25, -0.2) is 9.78 Å². The maximum Gasteiger partial charge on any atom is 0.573 e. The first kappa shape index (κ1) is 26.2. The zero-order valence-electron chi connectivity index (χ0n) is 19.5. The zero-order chi connectivity index (χ0) is 27.3. The minimum absolute atomic E-state index is 0.0334. The molecule has 0 radical (unpaired) electrons. The second kappa shape index (κ2) is 11.0. The number of nitriles is 1. The third-order valence-electron chi connectivity index (χ3n) is 5.35. The van der Waals surface area contributed by atoms with E-state index in [9.17, 15) is 27.6 Å². The number of imide groups is 1. The minimum Gasteiger partial charge on any atom is -0.444 e. The average Bonchev–Trinajstić information content (AvgIpc) is 3.73. The molecule has 4 rings (SSSR count). The van der Waals surface area contributed by atoms with Crippen LogP contribution in [0.3, 0.4) is 0 Å². The van der Waals surface area contributed by atoms with Crippen LogP contribution in [-0.2, 0) is 16.1 Å². The number of rotatable bonds is 7. The van der Waals surface area contributed by atoms with Gasteiger partial charge < -0.3 is 14.8 Å². The lowest BCUT2D eigenvalue weighted by atomic mass is 10.1. The van der Waals surface area contributed by atoms with E-state index in [1.165, 1.54) is 24.3 Å². The Morgan fingerprint density at radius 3 is 2.29 bits per heavy atom. The van der Waals surface area contributed by atoms with Crippen molar-refractivity contribution < 1.29 is 37.0 Å². The summed E-state index contributed by atoms with van der Waals surface area (Å²) in [5.74, 6) is -1.76. The van der Waals surface area contributed by atoms with Crippen molar-refractivity contribution in [3.05, 3.63) is 77.5 Å². The molecule has 2 aromatic carbocycles. The number of anilines is 1. The number of carbonyl (C=O) groups is 3. The number of nitrogens with one attached hydrogen (secondary N) is 2. The van der Waals surface area contributed by atoms with Crippen LogP contribution in [0.2, 0.25) is 0 Å². The van der Waals surface area contributed by atoms with Gasteiger partial charge in [0.25, 0.3) is 5.91 Å². The average molecular weight is 524 g/mol. The lowest BCUT2D eigenvalue weighted by Crippen LogP contribution is -2.31. The Hall–Kier alpha value is -4.92. The molecule has 2 N–H and O–H groups in total. The standard InChI is InChI=1S/C26H19F3N4O5/c27-26(28,29)38-20-9-7-17(8-10-20)19-11-21(31-22(12-19)32-23(34)18-5-6-18)24(35)33-25(36)37-14-16-3-1-15(13-30)2-4-16/h1-4,7-12,18H,5-6,14H2,(H,31,32,34)(H,33,35,36). The Kier molecular flexibility index (Phi) is 7.57. The number of aromatic nitrogens is 1. The molecule has 194 valence electrons. The van der Waals surface area contributed by atoms with Crippen molar-refractivity contribution in [3.8, 4) is 22.9 Å². The summed E-state index contributed by atoms with van der Waals surface area (Å²) in [6.45, 7) is -0.159. The maximum atomic E-state index is 12.8. The third-order valence-corrected chi connectivity index (χ3v) is 5.35. The van der Waals surface area contributed by atoms with Gasteiger partial charge in [-0.1, -0.05) is 24.3 Å². The van der Waals surface area contributed by atoms with Crippen molar-refractivity contribution in [1.29, 1.82) is 5.26 Å². The second-order valence-corrected chi connectivity index (χ2v) is 8.30. The maximum absolute atomic E-state index is 12.8. The summed E-state index contributed by atoms with van der Waals surface area (Å²) in [7, 11) is 0. The number of pyridine rings is 1. The van der Waals surface area contributed by atoms with Crippen LogP contribution < -0.4 is 15.4 Å². The predicted octanol–water partition coefficient (Wildman–Crippen LogP) is 4.93. The van der Waals surface area contributed by atoms with Crippen LogP contribution in [0.4, 0.5) is 23.8 Å². The molecule has 9 nitrogen and oxygen atoms in total.